The normalized spacial score (nSPS) is 14.3. The number of unbranched alkanes of at least 4 members (excludes halogenated alkanes) is 2. The molecule has 0 spiro atoms. The summed E-state index contributed by atoms with van der Waals surface area (Å²) in [5.41, 5.74) is 2.24. The van der Waals surface area contributed by atoms with Crippen molar-refractivity contribution in [2.24, 2.45) is 0 Å². The number of aryl methyl sites for hydroxylation is 1. The van der Waals surface area contributed by atoms with Crippen LogP contribution in [0.5, 0.6) is 0 Å². The van der Waals surface area contributed by atoms with Gasteiger partial charge in [-0.05, 0) is 44.9 Å². The Morgan fingerprint density at radius 1 is 1.11 bits per heavy atom. The third-order valence-electron chi connectivity index (χ3n) is 3.25. The lowest BCUT2D eigenvalue weighted by Gasteiger charge is -2.16. The van der Waals surface area contributed by atoms with Crippen LogP contribution in [0.25, 0.3) is 0 Å². The lowest BCUT2D eigenvalue weighted by molar-refractivity contribution is 0.283. The zero-order valence-electron chi connectivity index (χ0n) is 10.6. The molecule has 4 nitrogen and oxygen atoms in total. The van der Waals surface area contributed by atoms with Gasteiger partial charge in [0.1, 0.15) is 5.15 Å². The van der Waals surface area contributed by atoms with Crippen molar-refractivity contribution in [2.75, 3.05) is 18.5 Å². The molecule has 0 fully saturated rings. The number of fused-ring (bicyclic) bond motifs is 1. The molecule has 1 aliphatic rings. The van der Waals surface area contributed by atoms with Crippen molar-refractivity contribution in [3.05, 3.63) is 16.4 Å². The van der Waals surface area contributed by atoms with Crippen molar-refractivity contribution in [1.29, 1.82) is 0 Å². The first-order valence-corrected chi connectivity index (χ1v) is 7.09. The van der Waals surface area contributed by atoms with Crippen LogP contribution in [-0.2, 0) is 12.8 Å². The number of anilines is 1. The summed E-state index contributed by atoms with van der Waals surface area (Å²) in [6.45, 7) is 1.09. The maximum absolute atomic E-state index is 8.69. The second kappa shape index (κ2) is 6.90. The van der Waals surface area contributed by atoms with E-state index in [4.69, 9.17) is 16.7 Å². The standard InChI is InChI=1S/C13H20ClN3O/c14-12-10-6-2-3-7-11(10)16-13(17-12)15-8-4-1-5-9-18/h18H,1-9H2,(H,15,16,17). The first-order valence-electron chi connectivity index (χ1n) is 6.71. The van der Waals surface area contributed by atoms with E-state index in [1.807, 2.05) is 0 Å². The van der Waals surface area contributed by atoms with Gasteiger partial charge in [0.05, 0.1) is 5.69 Å². The molecule has 0 aromatic carbocycles. The van der Waals surface area contributed by atoms with Gasteiger partial charge >= 0.3 is 0 Å². The van der Waals surface area contributed by atoms with Crippen molar-refractivity contribution < 1.29 is 5.11 Å². The molecular formula is C13H20ClN3O. The molecule has 0 saturated carbocycles. The van der Waals surface area contributed by atoms with E-state index < -0.39 is 0 Å². The third-order valence-corrected chi connectivity index (χ3v) is 3.56. The maximum Gasteiger partial charge on any atom is 0.224 e. The number of nitrogens with zero attached hydrogens (tertiary/aromatic N) is 2. The molecule has 0 saturated heterocycles. The number of hydrogen-bond acceptors (Lipinski definition) is 4. The molecule has 0 radical (unpaired) electrons. The second-order valence-electron chi connectivity index (χ2n) is 4.68. The topological polar surface area (TPSA) is 58.0 Å². The number of hydrogen-bond donors (Lipinski definition) is 2. The molecule has 5 heteroatoms. The zero-order chi connectivity index (χ0) is 12.8. The average molecular weight is 270 g/mol. The molecule has 18 heavy (non-hydrogen) atoms. The van der Waals surface area contributed by atoms with Crippen LogP contribution in [0.1, 0.15) is 43.4 Å². The Kier molecular flexibility index (Phi) is 5.20. The Labute approximate surface area is 113 Å². The highest BCUT2D eigenvalue weighted by molar-refractivity contribution is 6.30. The van der Waals surface area contributed by atoms with Gasteiger partial charge in [0.15, 0.2) is 0 Å². The minimum Gasteiger partial charge on any atom is -0.396 e. The maximum atomic E-state index is 8.69. The summed E-state index contributed by atoms with van der Waals surface area (Å²) in [7, 11) is 0. The minimum atomic E-state index is 0.265. The average Bonchev–Trinajstić information content (AvgIpc) is 2.39. The Bertz CT molecular complexity index is 398. The van der Waals surface area contributed by atoms with Crippen molar-refractivity contribution in [2.45, 2.75) is 44.9 Å². The van der Waals surface area contributed by atoms with Gasteiger partial charge in [0.2, 0.25) is 5.95 Å². The summed E-state index contributed by atoms with van der Waals surface area (Å²) in [6, 6.07) is 0. The first-order chi connectivity index (χ1) is 8.81. The molecule has 1 aliphatic carbocycles. The van der Waals surface area contributed by atoms with E-state index in [0.717, 1.165) is 49.9 Å². The molecular weight excluding hydrogens is 250 g/mol. The van der Waals surface area contributed by atoms with E-state index in [2.05, 4.69) is 15.3 Å². The Hall–Kier alpha value is -0.870. The SMILES string of the molecule is OCCCCCNc1nc(Cl)c2c(n1)CCCC2. The largest absolute Gasteiger partial charge is 0.396 e. The van der Waals surface area contributed by atoms with Crippen LogP contribution in [0.3, 0.4) is 0 Å². The predicted octanol–water partition coefficient (Wildman–Crippen LogP) is 2.58. The number of nitrogens with one attached hydrogen (secondary N) is 1. The van der Waals surface area contributed by atoms with Crippen LogP contribution in [0, 0.1) is 0 Å². The van der Waals surface area contributed by atoms with E-state index in [1.54, 1.807) is 0 Å². The van der Waals surface area contributed by atoms with Gasteiger partial charge < -0.3 is 10.4 Å². The van der Waals surface area contributed by atoms with Gasteiger partial charge in [-0.2, -0.15) is 0 Å². The van der Waals surface area contributed by atoms with Crippen LogP contribution in [0.15, 0.2) is 0 Å². The molecule has 1 heterocycles. The van der Waals surface area contributed by atoms with E-state index in [9.17, 15) is 0 Å². The van der Waals surface area contributed by atoms with Crippen molar-refractivity contribution >= 4 is 17.5 Å². The third kappa shape index (κ3) is 3.56. The highest BCUT2D eigenvalue weighted by atomic mass is 35.5. The van der Waals surface area contributed by atoms with Gasteiger partial charge in [0.25, 0.3) is 0 Å². The van der Waals surface area contributed by atoms with Crippen LogP contribution >= 0.6 is 11.6 Å². The van der Waals surface area contributed by atoms with Gasteiger partial charge in [-0.25, -0.2) is 9.97 Å². The van der Waals surface area contributed by atoms with Crippen molar-refractivity contribution in [3.63, 3.8) is 0 Å². The molecule has 1 aromatic heterocycles. The molecule has 0 bridgehead atoms. The molecule has 0 amide bonds. The summed E-state index contributed by atoms with van der Waals surface area (Å²) in [6.07, 6.45) is 7.27. The summed E-state index contributed by atoms with van der Waals surface area (Å²) in [4.78, 5) is 8.83. The molecule has 100 valence electrons. The number of aliphatic hydroxyl groups is 1. The van der Waals surface area contributed by atoms with Crippen molar-refractivity contribution in [3.8, 4) is 0 Å². The molecule has 0 aliphatic heterocycles. The fourth-order valence-corrected chi connectivity index (χ4v) is 2.52. The van der Waals surface area contributed by atoms with E-state index in [0.29, 0.717) is 11.1 Å². The quantitative estimate of drug-likeness (QED) is 0.616. The van der Waals surface area contributed by atoms with Crippen LogP contribution in [0.4, 0.5) is 5.95 Å². The molecule has 2 rings (SSSR count). The number of halogens is 1. The van der Waals surface area contributed by atoms with E-state index >= 15 is 0 Å². The van der Waals surface area contributed by atoms with Crippen LogP contribution < -0.4 is 5.32 Å². The summed E-state index contributed by atoms with van der Waals surface area (Å²) in [5, 5.41) is 12.5. The predicted molar refractivity (Wildman–Crippen MR) is 73.1 cm³/mol. The zero-order valence-corrected chi connectivity index (χ0v) is 11.3. The number of rotatable bonds is 6. The molecule has 2 N–H and O–H groups in total. The molecule has 1 aromatic rings. The smallest absolute Gasteiger partial charge is 0.224 e. The summed E-state index contributed by atoms with van der Waals surface area (Å²) >= 11 is 6.19. The summed E-state index contributed by atoms with van der Waals surface area (Å²) < 4.78 is 0. The lowest BCUT2D eigenvalue weighted by atomic mass is 9.97. The van der Waals surface area contributed by atoms with Crippen LogP contribution in [0.2, 0.25) is 5.15 Å². The highest BCUT2D eigenvalue weighted by Crippen LogP contribution is 2.26. The second-order valence-corrected chi connectivity index (χ2v) is 5.04. The van der Waals surface area contributed by atoms with Gasteiger partial charge in [-0.1, -0.05) is 11.6 Å². The first kappa shape index (κ1) is 13.6. The minimum absolute atomic E-state index is 0.265. The Balaban J connectivity index is 1.91. The Morgan fingerprint density at radius 3 is 2.78 bits per heavy atom. The van der Waals surface area contributed by atoms with E-state index in [1.165, 1.54) is 12.8 Å². The number of aliphatic hydroxyl groups excluding tert-OH is 1. The van der Waals surface area contributed by atoms with E-state index in [-0.39, 0.29) is 6.61 Å². The monoisotopic (exact) mass is 269 g/mol. The lowest BCUT2D eigenvalue weighted by Crippen LogP contribution is -2.12. The van der Waals surface area contributed by atoms with Crippen molar-refractivity contribution in [1.82, 2.24) is 9.97 Å². The molecule has 0 atom stereocenters. The van der Waals surface area contributed by atoms with Gasteiger partial charge in [-0.15, -0.1) is 0 Å². The molecule has 0 unspecified atom stereocenters. The van der Waals surface area contributed by atoms with Gasteiger partial charge in [-0.3, -0.25) is 0 Å². The fraction of sp³-hybridized carbons (Fsp3) is 0.692. The summed E-state index contributed by atoms with van der Waals surface area (Å²) in [5.74, 6) is 0.643. The van der Waals surface area contributed by atoms with Crippen LogP contribution in [-0.4, -0.2) is 28.2 Å². The fourth-order valence-electron chi connectivity index (χ4n) is 2.24. The highest BCUT2D eigenvalue weighted by Gasteiger charge is 2.16. The Morgan fingerprint density at radius 2 is 1.94 bits per heavy atom. The van der Waals surface area contributed by atoms with Gasteiger partial charge in [0, 0.05) is 18.7 Å². The number of aromatic nitrogens is 2.